The highest BCUT2D eigenvalue weighted by molar-refractivity contribution is 7.15. The van der Waals surface area contributed by atoms with Gasteiger partial charge >= 0.3 is 0 Å². The number of thiazole rings is 1. The molecule has 0 unspecified atom stereocenters. The van der Waals surface area contributed by atoms with Gasteiger partial charge in [0.15, 0.2) is 5.13 Å². The average molecular weight is 378 g/mol. The van der Waals surface area contributed by atoms with E-state index in [1.807, 2.05) is 26.0 Å². The zero-order valence-corrected chi connectivity index (χ0v) is 16.0. The van der Waals surface area contributed by atoms with E-state index in [-0.39, 0.29) is 12.0 Å². The molecule has 1 aliphatic heterocycles. The van der Waals surface area contributed by atoms with E-state index in [0.29, 0.717) is 16.6 Å². The van der Waals surface area contributed by atoms with Crippen LogP contribution in [0.2, 0.25) is 0 Å². The van der Waals surface area contributed by atoms with Gasteiger partial charge in [0.1, 0.15) is 11.9 Å². The van der Waals surface area contributed by atoms with E-state index in [1.165, 1.54) is 18.3 Å². The minimum absolute atomic E-state index is 0.0655. The van der Waals surface area contributed by atoms with Crippen LogP contribution in [0.1, 0.15) is 36.0 Å². The number of aryl methyl sites for hydroxylation is 2. The van der Waals surface area contributed by atoms with Crippen LogP contribution in [0.5, 0.6) is 5.75 Å². The summed E-state index contributed by atoms with van der Waals surface area (Å²) in [6, 6.07) is 3.88. The fourth-order valence-electron chi connectivity index (χ4n) is 3.15. The topological polar surface area (TPSA) is 67.4 Å². The molecule has 2 aromatic rings. The first-order chi connectivity index (χ1) is 12.4. The number of anilines is 1. The molecule has 0 spiro atoms. The Bertz CT molecular complexity index is 775. The first kappa shape index (κ1) is 18.7. The highest BCUT2D eigenvalue weighted by atomic mass is 32.1. The minimum Gasteiger partial charge on any atom is -0.489 e. The number of rotatable bonds is 5. The molecule has 3 heterocycles. The smallest absolute Gasteiger partial charge is 0.230 e. The molecule has 0 saturated carbocycles. The second kappa shape index (κ2) is 8.09. The van der Waals surface area contributed by atoms with Gasteiger partial charge in [0.05, 0.1) is 4.88 Å². The maximum Gasteiger partial charge on any atom is 0.230 e. The highest BCUT2D eigenvalue weighted by Gasteiger charge is 2.24. The van der Waals surface area contributed by atoms with Crippen molar-refractivity contribution in [2.75, 3.05) is 18.4 Å². The lowest BCUT2D eigenvalue weighted by atomic mass is 10.1. The Kier molecular flexibility index (Phi) is 5.83. The Morgan fingerprint density at radius 3 is 2.81 bits per heavy atom. The van der Waals surface area contributed by atoms with Gasteiger partial charge in [-0.25, -0.2) is 0 Å². The number of amides is 1. The SMILES string of the molecule is CC(=O)Nc1nc(F)c(CN2CCC[C@H](Oc3cc(C)nc(C)c3)C2)s1. The second-order valence-electron chi connectivity index (χ2n) is 6.62. The van der Waals surface area contributed by atoms with Crippen LogP contribution in [-0.4, -0.2) is 40.0 Å². The molecule has 140 valence electrons. The zero-order chi connectivity index (χ0) is 18.7. The standard InChI is InChI=1S/C18H23FN4O2S/c1-11-7-15(8-12(2)20-11)25-14-5-4-6-23(9-14)10-16-17(19)22-18(26-16)21-13(3)24/h7-8,14H,4-6,9-10H2,1-3H3,(H,21,22,24)/t14-/m0/s1. The molecule has 1 fully saturated rings. The summed E-state index contributed by atoms with van der Waals surface area (Å²) in [6.45, 7) is 7.37. The van der Waals surface area contributed by atoms with Crippen molar-refractivity contribution in [1.82, 2.24) is 14.9 Å². The number of aromatic nitrogens is 2. The zero-order valence-electron chi connectivity index (χ0n) is 15.2. The van der Waals surface area contributed by atoms with Crippen LogP contribution in [0.25, 0.3) is 0 Å². The monoisotopic (exact) mass is 378 g/mol. The van der Waals surface area contributed by atoms with Gasteiger partial charge in [-0.1, -0.05) is 11.3 Å². The molecule has 6 nitrogen and oxygen atoms in total. The largest absolute Gasteiger partial charge is 0.489 e. The van der Waals surface area contributed by atoms with Gasteiger partial charge in [0.2, 0.25) is 11.9 Å². The predicted octanol–water partition coefficient (Wildman–Crippen LogP) is 3.30. The molecule has 0 radical (unpaired) electrons. The summed E-state index contributed by atoms with van der Waals surface area (Å²) in [6.07, 6.45) is 2.03. The summed E-state index contributed by atoms with van der Waals surface area (Å²) < 4.78 is 20.2. The van der Waals surface area contributed by atoms with Gasteiger partial charge in [-0.15, -0.1) is 0 Å². The van der Waals surface area contributed by atoms with Crippen molar-refractivity contribution in [3.8, 4) is 5.75 Å². The molecule has 1 amide bonds. The molecule has 0 bridgehead atoms. The number of likely N-dealkylation sites (tertiary alicyclic amines) is 1. The third kappa shape index (κ3) is 4.98. The van der Waals surface area contributed by atoms with Crippen molar-refractivity contribution in [2.45, 2.75) is 46.3 Å². The van der Waals surface area contributed by atoms with E-state index < -0.39 is 5.95 Å². The number of nitrogens with zero attached hydrogens (tertiary/aromatic N) is 3. The Morgan fingerprint density at radius 2 is 2.12 bits per heavy atom. The predicted molar refractivity (Wildman–Crippen MR) is 99.0 cm³/mol. The van der Waals surface area contributed by atoms with E-state index in [4.69, 9.17) is 4.74 Å². The van der Waals surface area contributed by atoms with Gasteiger partial charge < -0.3 is 10.1 Å². The first-order valence-electron chi connectivity index (χ1n) is 8.66. The normalized spacial score (nSPS) is 17.9. The summed E-state index contributed by atoms with van der Waals surface area (Å²) in [5, 5.41) is 2.84. The average Bonchev–Trinajstić information content (AvgIpc) is 2.85. The van der Waals surface area contributed by atoms with Crippen molar-refractivity contribution >= 4 is 22.4 Å². The third-order valence-corrected chi connectivity index (χ3v) is 5.05. The molecule has 26 heavy (non-hydrogen) atoms. The molecule has 1 aliphatic rings. The number of piperidine rings is 1. The summed E-state index contributed by atoms with van der Waals surface area (Å²) in [7, 11) is 0. The maximum absolute atomic E-state index is 14.0. The van der Waals surface area contributed by atoms with Gasteiger partial charge in [-0.3, -0.25) is 14.7 Å². The number of pyridine rings is 1. The van der Waals surface area contributed by atoms with Crippen LogP contribution in [-0.2, 0) is 11.3 Å². The minimum atomic E-state index is -0.512. The Hall–Kier alpha value is -2.06. The number of hydrogen-bond acceptors (Lipinski definition) is 6. The van der Waals surface area contributed by atoms with Crippen molar-refractivity contribution in [1.29, 1.82) is 0 Å². The number of hydrogen-bond donors (Lipinski definition) is 1. The molecule has 1 N–H and O–H groups in total. The molecule has 8 heteroatoms. The van der Waals surface area contributed by atoms with Crippen molar-refractivity contribution in [2.24, 2.45) is 0 Å². The molecule has 1 saturated heterocycles. The number of halogens is 1. The van der Waals surface area contributed by atoms with Crippen LogP contribution in [0.15, 0.2) is 12.1 Å². The van der Waals surface area contributed by atoms with E-state index in [2.05, 4.69) is 20.2 Å². The third-order valence-electron chi connectivity index (χ3n) is 4.12. The van der Waals surface area contributed by atoms with Crippen molar-refractivity contribution in [3.05, 3.63) is 34.3 Å². The van der Waals surface area contributed by atoms with Crippen LogP contribution in [0, 0.1) is 19.8 Å². The van der Waals surface area contributed by atoms with Gasteiger partial charge in [0.25, 0.3) is 0 Å². The Balaban J connectivity index is 1.61. The lowest BCUT2D eigenvalue weighted by Gasteiger charge is -2.32. The van der Waals surface area contributed by atoms with Gasteiger partial charge in [-0.05, 0) is 33.2 Å². The fraction of sp³-hybridized carbons (Fsp3) is 0.500. The van der Waals surface area contributed by atoms with Crippen molar-refractivity contribution in [3.63, 3.8) is 0 Å². The summed E-state index contributed by atoms with van der Waals surface area (Å²) in [5.41, 5.74) is 1.87. The number of nitrogens with one attached hydrogen (secondary N) is 1. The lowest BCUT2D eigenvalue weighted by molar-refractivity contribution is -0.114. The highest BCUT2D eigenvalue weighted by Crippen LogP contribution is 2.26. The summed E-state index contributed by atoms with van der Waals surface area (Å²) in [4.78, 5) is 21.9. The summed E-state index contributed by atoms with van der Waals surface area (Å²) >= 11 is 1.18. The van der Waals surface area contributed by atoms with Crippen LogP contribution in [0.3, 0.4) is 0 Å². The molecule has 0 aliphatic carbocycles. The van der Waals surface area contributed by atoms with Crippen LogP contribution >= 0.6 is 11.3 Å². The quantitative estimate of drug-likeness (QED) is 0.865. The van der Waals surface area contributed by atoms with E-state index in [1.54, 1.807) is 0 Å². The molecular weight excluding hydrogens is 355 g/mol. The van der Waals surface area contributed by atoms with Gasteiger partial charge in [0, 0.05) is 43.5 Å². The molecule has 1 atom stereocenters. The van der Waals surface area contributed by atoms with E-state index in [0.717, 1.165) is 43.1 Å². The van der Waals surface area contributed by atoms with Gasteiger partial charge in [-0.2, -0.15) is 9.37 Å². The number of carbonyl (C=O) groups is 1. The van der Waals surface area contributed by atoms with Crippen molar-refractivity contribution < 1.29 is 13.9 Å². The number of carbonyl (C=O) groups excluding carboxylic acids is 1. The molecule has 2 aromatic heterocycles. The Morgan fingerprint density at radius 1 is 1.38 bits per heavy atom. The number of ether oxygens (including phenoxy) is 1. The van der Waals surface area contributed by atoms with E-state index >= 15 is 0 Å². The van der Waals surface area contributed by atoms with Crippen LogP contribution in [0.4, 0.5) is 9.52 Å². The summed E-state index contributed by atoms with van der Waals surface area (Å²) in [5.74, 6) is 0.0700. The maximum atomic E-state index is 14.0. The molecule has 0 aromatic carbocycles. The fourth-order valence-corrected chi connectivity index (χ4v) is 4.08. The molecular formula is C18H23FN4O2S. The molecule has 3 rings (SSSR count). The Labute approximate surface area is 156 Å². The first-order valence-corrected chi connectivity index (χ1v) is 9.48. The van der Waals surface area contributed by atoms with Crippen LogP contribution < -0.4 is 10.1 Å². The second-order valence-corrected chi connectivity index (χ2v) is 7.70. The lowest BCUT2D eigenvalue weighted by Crippen LogP contribution is -2.40. The van der Waals surface area contributed by atoms with E-state index in [9.17, 15) is 9.18 Å².